The highest BCUT2D eigenvalue weighted by atomic mass is 16.2. The maximum atomic E-state index is 12.7. The lowest BCUT2D eigenvalue weighted by Gasteiger charge is -2.33. The first-order valence-electron chi connectivity index (χ1n) is 10.3. The first kappa shape index (κ1) is 17.0. The third kappa shape index (κ3) is 3.28. The Morgan fingerprint density at radius 1 is 0.963 bits per heavy atom. The van der Waals surface area contributed by atoms with Crippen molar-refractivity contribution < 1.29 is 9.59 Å². The van der Waals surface area contributed by atoms with E-state index in [0.29, 0.717) is 37.4 Å². The molecule has 2 aliphatic carbocycles. The van der Waals surface area contributed by atoms with Crippen LogP contribution in [0.25, 0.3) is 0 Å². The lowest BCUT2D eigenvalue weighted by Crippen LogP contribution is -2.42. The third-order valence-electron chi connectivity index (χ3n) is 6.37. The van der Waals surface area contributed by atoms with Crippen molar-refractivity contribution in [1.82, 2.24) is 19.8 Å². The minimum absolute atomic E-state index is 0.102. The fourth-order valence-electron chi connectivity index (χ4n) is 4.40. The number of piperidine rings is 1. The van der Waals surface area contributed by atoms with Crippen LogP contribution < -0.4 is 5.56 Å². The molecule has 1 atom stereocenters. The molecule has 7 nitrogen and oxygen atoms in total. The van der Waals surface area contributed by atoms with Gasteiger partial charge in [0.25, 0.3) is 5.56 Å². The van der Waals surface area contributed by atoms with Crippen LogP contribution in [0.15, 0.2) is 4.79 Å². The summed E-state index contributed by atoms with van der Waals surface area (Å²) in [6.45, 7) is 2.50. The summed E-state index contributed by atoms with van der Waals surface area (Å²) < 4.78 is 0. The van der Waals surface area contributed by atoms with Crippen LogP contribution in [0.3, 0.4) is 0 Å². The highest BCUT2D eigenvalue weighted by Gasteiger charge is 2.37. The first-order valence-corrected chi connectivity index (χ1v) is 10.3. The number of hydrogen-bond donors (Lipinski definition) is 1. The molecule has 4 aliphatic rings. The lowest BCUT2D eigenvalue weighted by atomic mass is 9.96. The van der Waals surface area contributed by atoms with Gasteiger partial charge in [0.15, 0.2) is 0 Å². The summed E-state index contributed by atoms with van der Waals surface area (Å²) in [4.78, 5) is 48.9. The molecule has 2 saturated carbocycles. The molecule has 1 N–H and O–H groups in total. The first-order chi connectivity index (χ1) is 13.1. The summed E-state index contributed by atoms with van der Waals surface area (Å²) in [5, 5.41) is 0. The number of hydrogen-bond acceptors (Lipinski definition) is 4. The molecule has 1 aromatic heterocycles. The molecule has 2 aliphatic heterocycles. The minimum atomic E-state index is -0.117. The zero-order valence-corrected chi connectivity index (χ0v) is 15.6. The van der Waals surface area contributed by atoms with E-state index in [2.05, 4.69) is 4.98 Å². The zero-order chi connectivity index (χ0) is 18.5. The molecule has 144 valence electrons. The number of likely N-dealkylation sites (tertiary alicyclic amines) is 1. The third-order valence-corrected chi connectivity index (χ3v) is 6.37. The Morgan fingerprint density at radius 2 is 1.67 bits per heavy atom. The van der Waals surface area contributed by atoms with E-state index in [-0.39, 0.29) is 35.1 Å². The van der Waals surface area contributed by atoms with E-state index >= 15 is 0 Å². The Bertz CT molecular complexity index is 840. The summed E-state index contributed by atoms with van der Waals surface area (Å²) in [6.07, 6.45) is 6.53. The molecular weight excluding hydrogens is 344 g/mol. The molecule has 3 heterocycles. The van der Waals surface area contributed by atoms with Gasteiger partial charge in [-0.2, -0.15) is 0 Å². The predicted octanol–water partition coefficient (Wildman–Crippen LogP) is 1.18. The number of H-pyrrole nitrogens is 1. The predicted molar refractivity (Wildman–Crippen MR) is 98.0 cm³/mol. The van der Waals surface area contributed by atoms with E-state index in [1.165, 1.54) is 0 Å². The number of amides is 2. The molecule has 5 rings (SSSR count). The van der Waals surface area contributed by atoms with Crippen molar-refractivity contribution in [3.63, 3.8) is 0 Å². The standard InChI is InChI=1S/C20H26N4O3/c25-18-15-11-24(20(27)13-5-6-13)9-7-16(15)21-17(22-18)14-2-1-8-23(10-14)19(26)12-3-4-12/h12-14H,1-11H2,(H,21,22,25)/t14-/m1/s1. The number of nitrogens with one attached hydrogen (secondary N) is 1. The quantitative estimate of drug-likeness (QED) is 0.866. The maximum Gasteiger partial charge on any atom is 0.256 e. The number of carbonyl (C=O) groups is 2. The van der Waals surface area contributed by atoms with Crippen molar-refractivity contribution in [3.05, 3.63) is 27.4 Å². The molecule has 0 spiro atoms. The molecule has 1 saturated heterocycles. The van der Waals surface area contributed by atoms with Crippen LogP contribution in [0.2, 0.25) is 0 Å². The van der Waals surface area contributed by atoms with E-state index in [4.69, 9.17) is 4.98 Å². The van der Waals surface area contributed by atoms with Crippen LogP contribution in [-0.4, -0.2) is 51.2 Å². The van der Waals surface area contributed by atoms with Gasteiger partial charge in [0.05, 0.1) is 17.8 Å². The van der Waals surface area contributed by atoms with Gasteiger partial charge >= 0.3 is 0 Å². The van der Waals surface area contributed by atoms with E-state index in [0.717, 1.165) is 50.8 Å². The molecule has 3 fully saturated rings. The van der Waals surface area contributed by atoms with Crippen LogP contribution in [0.5, 0.6) is 0 Å². The molecule has 0 radical (unpaired) electrons. The largest absolute Gasteiger partial charge is 0.342 e. The molecule has 7 heteroatoms. The van der Waals surface area contributed by atoms with Crippen LogP contribution in [-0.2, 0) is 22.6 Å². The van der Waals surface area contributed by atoms with Crippen molar-refractivity contribution in [3.8, 4) is 0 Å². The second-order valence-corrected chi connectivity index (χ2v) is 8.56. The van der Waals surface area contributed by atoms with Crippen molar-refractivity contribution in [2.45, 2.75) is 57.4 Å². The van der Waals surface area contributed by atoms with Gasteiger partial charge < -0.3 is 14.8 Å². The van der Waals surface area contributed by atoms with Gasteiger partial charge in [-0.15, -0.1) is 0 Å². The summed E-state index contributed by atoms with van der Waals surface area (Å²) in [7, 11) is 0. The maximum absolute atomic E-state index is 12.7. The number of rotatable bonds is 3. The lowest BCUT2D eigenvalue weighted by molar-refractivity contribution is -0.134. The fourth-order valence-corrected chi connectivity index (χ4v) is 4.40. The van der Waals surface area contributed by atoms with Gasteiger partial charge in [-0.3, -0.25) is 14.4 Å². The molecule has 0 bridgehead atoms. The van der Waals surface area contributed by atoms with Crippen LogP contribution in [0.1, 0.15) is 61.5 Å². The second kappa shape index (κ2) is 6.46. The van der Waals surface area contributed by atoms with Crippen LogP contribution in [0.4, 0.5) is 0 Å². The van der Waals surface area contributed by atoms with Gasteiger partial charge in [0, 0.05) is 43.8 Å². The summed E-state index contributed by atoms with van der Waals surface area (Å²) >= 11 is 0. The molecule has 27 heavy (non-hydrogen) atoms. The van der Waals surface area contributed by atoms with Crippen molar-refractivity contribution in [2.24, 2.45) is 11.8 Å². The number of aromatic nitrogens is 2. The van der Waals surface area contributed by atoms with Gasteiger partial charge in [-0.05, 0) is 38.5 Å². The summed E-state index contributed by atoms with van der Waals surface area (Å²) in [5.74, 6) is 1.68. The van der Waals surface area contributed by atoms with Crippen molar-refractivity contribution in [2.75, 3.05) is 19.6 Å². The van der Waals surface area contributed by atoms with Gasteiger partial charge in [0.1, 0.15) is 5.82 Å². The summed E-state index contributed by atoms with van der Waals surface area (Å²) in [6, 6.07) is 0. The highest BCUT2D eigenvalue weighted by molar-refractivity contribution is 5.81. The minimum Gasteiger partial charge on any atom is -0.342 e. The fraction of sp³-hybridized carbons (Fsp3) is 0.700. The Kier molecular flexibility index (Phi) is 4.06. The smallest absolute Gasteiger partial charge is 0.256 e. The SMILES string of the molecule is O=C(C1CC1)N1CCc2nc([C@@H]3CCCN(C(=O)C4CC4)C3)[nH]c(=O)c2C1. The van der Waals surface area contributed by atoms with Gasteiger partial charge in [-0.25, -0.2) is 4.98 Å². The van der Waals surface area contributed by atoms with E-state index in [1.54, 1.807) is 0 Å². The van der Waals surface area contributed by atoms with E-state index in [1.807, 2.05) is 9.80 Å². The van der Waals surface area contributed by atoms with Gasteiger partial charge in [0.2, 0.25) is 11.8 Å². The number of fused-ring (bicyclic) bond motifs is 1. The van der Waals surface area contributed by atoms with Crippen molar-refractivity contribution >= 4 is 11.8 Å². The van der Waals surface area contributed by atoms with E-state index in [9.17, 15) is 14.4 Å². The van der Waals surface area contributed by atoms with E-state index < -0.39 is 0 Å². The normalized spacial score (nSPS) is 25.3. The Labute approximate surface area is 158 Å². The number of carbonyl (C=O) groups excluding carboxylic acids is 2. The average molecular weight is 370 g/mol. The number of nitrogens with zero attached hydrogens (tertiary/aromatic N) is 3. The second-order valence-electron chi connectivity index (χ2n) is 8.56. The molecular formula is C20H26N4O3. The summed E-state index contributed by atoms with van der Waals surface area (Å²) in [5.41, 5.74) is 1.36. The average Bonchev–Trinajstić information content (AvgIpc) is 3.58. The van der Waals surface area contributed by atoms with Crippen LogP contribution >= 0.6 is 0 Å². The van der Waals surface area contributed by atoms with Crippen LogP contribution in [0, 0.1) is 11.8 Å². The molecule has 1 aromatic rings. The van der Waals surface area contributed by atoms with Gasteiger partial charge in [-0.1, -0.05) is 0 Å². The zero-order valence-electron chi connectivity index (χ0n) is 15.6. The topological polar surface area (TPSA) is 86.4 Å². The monoisotopic (exact) mass is 370 g/mol. The Hall–Kier alpha value is -2.18. The highest BCUT2D eigenvalue weighted by Crippen LogP contribution is 2.34. The van der Waals surface area contributed by atoms with Crippen molar-refractivity contribution in [1.29, 1.82) is 0 Å². The molecule has 0 unspecified atom stereocenters. The number of aromatic amines is 1. The molecule has 2 amide bonds. The Morgan fingerprint density at radius 3 is 2.37 bits per heavy atom. The Balaban J connectivity index is 1.34. The molecule has 0 aromatic carbocycles.